The van der Waals surface area contributed by atoms with Crippen LogP contribution in [-0.4, -0.2) is 183 Å². The van der Waals surface area contributed by atoms with Gasteiger partial charge in [0.1, 0.15) is 28.5 Å². The molecule has 4 bridgehead atoms. The largest absolute Gasteiger partial charge is 0.479 e. The summed E-state index contributed by atoms with van der Waals surface area (Å²) in [5, 5.41) is 44.6. The van der Waals surface area contributed by atoms with Gasteiger partial charge in [0.25, 0.3) is 17.7 Å². The predicted octanol–water partition coefficient (Wildman–Crippen LogP) is 8.50. The molecule has 0 spiro atoms. The van der Waals surface area contributed by atoms with E-state index in [1.165, 1.54) is 34.5 Å². The monoisotopic (exact) mass is 1450 g/mol. The molecule has 546 valence electrons. The van der Waals surface area contributed by atoms with E-state index in [2.05, 4.69) is 39.8 Å². The number of hydrogen-bond acceptors (Lipinski definition) is 20. The molecule has 2 aromatic carbocycles. The SMILES string of the molecule is Cc1c(-c2ccc(N3CCc4cccc(C(=O)Nc5nc6cccnc6s5)c4C3)nc2C(=O)O)cnn1CC12CC3(C)CC(OCCN(CCCP(=O)(O)O)C(=O)OC/C=C/c4ccc(O[C@H]5C[C@@H](O)C[C@@H](C(=O)O)O5)c(NC(=O)CCNC(=O)CCCCCN5C(=O)C=CC5=O)c4)(CC1(C)C3)C2. The number of nitrogens with one attached hydrogen (secondary N) is 3. The number of benzene rings is 2. The van der Waals surface area contributed by atoms with Gasteiger partial charge >= 0.3 is 25.6 Å². The number of nitrogens with zero attached hydrogens (tertiary/aromatic N) is 8. The third-order valence-electron chi connectivity index (χ3n) is 20.6. The van der Waals surface area contributed by atoms with Crippen molar-refractivity contribution < 1.29 is 87.0 Å². The Bertz CT molecular complexity index is 4350. The fourth-order valence-corrected chi connectivity index (χ4v) is 17.7. The van der Waals surface area contributed by atoms with Crippen LogP contribution in [0.25, 0.3) is 27.6 Å². The molecule has 0 radical (unpaired) electrons. The maximum atomic E-state index is 13.9. The Kier molecular flexibility index (Phi) is 21.8. The van der Waals surface area contributed by atoms with E-state index in [4.69, 9.17) is 29.0 Å². The summed E-state index contributed by atoms with van der Waals surface area (Å²) in [7, 11) is -4.42. The fourth-order valence-electron chi connectivity index (χ4n) is 16.4. The molecule has 7 heterocycles. The number of imide groups is 1. The van der Waals surface area contributed by atoms with Gasteiger partial charge < -0.3 is 64.5 Å². The molecule has 4 saturated carbocycles. The first kappa shape index (κ1) is 73.5. The number of carboxylic acid groups (broad SMARTS) is 2. The Morgan fingerprint density at radius 3 is 2.47 bits per heavy atom. The first-order valence-electron chi connectivity index (χ1n) is 34.5. The number of ether oxygens (including phenoxy) is 4. The molecule has 7 atom stereocenters. The first-order valence-corrected chi connectivity index (χ1v) is 37.2. The standard InChI is InChI=1S/C72H84N11O18PS/c1-44-50(48-17-19-56(78-62(48)66(92)93)81-28-23-46-12-7-13-49(51(46)37-81)63(89)79-67-77-52-14-8-24-74-64(52)103-67)36-75-83(44)43-71-39-69(2)38-70(71,3)41-72(40-69,42-71)99-31-29-80(26-10-32-102(95,96)97)68(94)98-30-9-11-45-16-18-54(100-61-35-47(84)34-55(101-61)65(90)91)53(33-45)76-58(86)22-25-73-57(85)15-5-4-6-27-82-59(87)20-21-60(82)88/h7-9,11-14,16-21,24,33,36,47,55,61,84H,4-6,10,15,22-23,25-32,34-35,37-43H2,1-3H3,(H,73,85)(H,76,86)(H,90,91)(H,92,93)(H,77,79,89)(H2,95,96,97)/b11-9+/t47-,55-,61+,69?,70?,71?,72?/m0/s1. The lowest BCUT2D eigenvalue weighted by Crippen LogP contribution is -2.45. The number of carboxylic acids is 2. The van der Waals surface area contributed by atoms with Crippen molar-refractivity contribution in [2.24, 2.45) is 16.2 Å². The van der Waals surface area contributed by atoms with Crippen molar-refractivity contribution in [3.8, 4) is 16.9 Å². The molecule has 4 aliphatic carbocycles. The third kappa shape index (κ3) is 17.0. The van der Waals surface area contributed by atoms with E-state index in [9.17, 15) is 68.0 Å². The smallest absolute Gasteiger partial charge is 0.410 e. The normalized spacial score (nSPS) is 23.3. The number of carbonyl (C=O) groups excluding carboxylic acids is 6. The van der Waals surface area contributed by atoms with E-state index in [0.717, 1.165) is 47.4 Å². The molecule has 103 heavy (non-hydrogen) atoms. The number of aliphatic hydroxyl groups is 1. The van der Waals surface area contributed by atoms with Gasteiger partial charge in [-0.15, -0.1) is 0 Å². The summed E-state index contributed by atoms with van der Waals surface area (Å²) in [4.78, 5) is 141. The number of amides is 6. The van der Waals surface area contributed by atoms with E-state index >= 15 is 0 Å². The van der Waals surface area contributed by atoms with Gasteiger partial charge in [0.05, 0.1) is 36.4 Å². The highest BCUT2D eigenvalue weighted by atomic mass is 32.1. The second-order valence-electron chi connectivity index (χ2n) is 28.4. The molecule has 7 aliphatic rings. The molecule has 6 amide bonds. The van der Waals surface area contributed by atoms with Crippen LogP contribution in [0.5, 0.6) is 5.75 Å². The van der Waals surface area contributed by atoms with Gasteiger partial charge in [-0.3, -0.25) is 43.4 Å². The number of fused-ring (bicyclic) bond motifs is 2. The molecule has 1 saturated heterocycles. The van der Waals surface area contributed by atoms with Crippen LogP contribution in [0.2, 0.25) is 0 Å². The summed E-state index contributed by atoms with van der Waals surface area (Å²) >= 11 is 1.29. The van der Waals surface area contributed by atoms with Gasteiger partial charge in [-0.25, -0.2) is 29.3 Å². The van der Waals surface area contributed by atoms with E-state index in [1.807, 2.05) is 40.8 Å². The van der Waals surface area contributed by atoms with Gasteiger partial charge in [-0.05, 0) is 146 Å². The van der Waals surface area contributed by atoms with Gasteiger partial charge in [-0.1, -0.05) is 55.9 Å². The van der Waals surface area contributed by atoms with E-state index < -0.39 is 61.8 Å². The quantitative estimate of drug-likeness (QED) is 0.0115. The number of aromatic nitrogens is 5. The number of pyridine rings is 2. The zero-order valence-corrected chi connectivity index (χ0v) is 59.1. The molecule has 4 aromatic heterocycles. The van der Waals surface area contributed by atoms with Crippen LogP contribution in [0.1, 0.15) is 141 Å². The molecule has 5 fully saturated rings. The van der Waals surface area contributed by atoms with Crippen LogP contribution in [0, 0.1) is 23.2 Å². The summed E-state index contributed by atoms with van der Waals surface area (Å²) in [6.07, 6.45) is 10.3. The Balaban J connectivity index is 0.668. The average molecular weight is 1450 g/mol. The van der Waals surface area contributed by atoms with Gasteiger partial charge in [0.2, 0.25) is 18.1 Å². The molecule has 8 N–H and O–H groups in total. The lowest BCUT2D eigenvalue weighted by Gasteiger charge is -2.46. The second kappa shape index (κ2) is 30.6. The van der Waals surface area contributed by atoms with Crippen molar-refractivity contribution in [1.82, 2.24) is 39.8 Å². The highest BCUT2D eigenvalue weighted by molar-refractivity contribution is 7.51. The molecule has 13 rings (SSSR count). The van der Waals surface area contributed by atoms with Crippen LogP contribution in [0.15, 0.2) is 91.3 Å². The second-order valence-corrected chi connectivity index (χ2v) is 31.1. The number of rotatable bonds is 31. The lowest BCUT2D eigenvalue weighted by atomic mass is 9.65. The highest BCUT2D eigenvalue weighted by Crippen LogP contribution is 2.78. The number of aromatic carboxylic acids is 1. The van der Waals surface area contributed by atoms with Crippen LogP contribution in [-0.2, 0) is 62.3 Å². The van der Waals surface area contributed by atoms with Crippen molar-refractivity contribution in [2.45, 2.75) is 148 Å². The molecular weight excluding hydrogens is 1370 g/mol. The minimum Gasteiger partial charge on any atom is -0.479 e. The van der Waals surface area contributed by atoms with Crippen molar-refractivity contribution in [3.63, 3.8) is 0 Å². The topological polar surface area (TPSA) is 394 Å². The molecule has 29 nitrogen and oxygen atoms in total. The maximum absolute atomic E-state index is 13.9. The summed E-state index contributed by atoms with van der Waals surface area (Å²) in [5.41, 5.74) is 4.26. The minimum absolute atomic E-state index is 0.0149. The van der Waals surface area contributed by atoms with Crippen molar-refractivity contribution in [1.29, 1.82) is 0 Å². The van der Waals surface area contributed by atoms with Crippen molar-refractivity contribution in [3.05, 3.63) is 125 Å². The number of anilines is 3. The number of carbonyl (C=O) groups is 8. The van der Waals surface area contributed by atoms with E-state index in [-0.39, 0.29) is 129 Å². The first-order chi connectivity index (χ1) is 49.1. The summed E-state index contributed by atoms with van der Waals surface area (Å²) < 4.78 is 38.3. The predicted molar refractivity (Wildman–Crippen MR) is 377 cm³/mol. The maximum Gasteiger partial charge on any atom is 0.410 e. The van der Waals surface area contributed by atoms with Crippen LogP contribution in [0.4, 0.5) is 21.4 Å². The van der Waals surface area contributed by atoms with E-state index in [0.29, 0.717) is 95.3 Å². The van der Waals surface area contributed by atoms with Crippen LogP contribution < -0.4 is 25.6 Å². The lowest BCUT2D eigenvalue weighted by molar-refractivity contribution is -0.195. The Morgan fingerprint density at radius 2 is 1.69 bits per heavy atom. The highest BCUT2D eigenvalue weighted by Gasteiger charge is 2.74. The van der Waals surface area contributed by atoms with Gasteiger partial charge in [0.15, 0.2) is 16.9 Å². The zero-order chi connectivity index (χ0) is 73.0. The number of aliphatic carboxylic acids is 1. The number of thiazole rings is 1. The number of unbranched alkanes of at least 4 members (excludes halogenated alkanes) is 2. The van der Waals surface area contributed by atoms with Crippen LogP contribution >= 0.6 is 18.9 Å². The summed E-state index contributed by atoms with van der Waals surface area (Å²) in [6.45, 7) is 8.05. The van der Waals surface area contributed by atoms with E-state index in [1.54, 1.807) is 54.9 Å². The summed E-state index contributed by atoms with van der Waals surface area (Å²) in [5.74, 6) is -3.79. The fraction of sp³-hybridized carbons (Fsp3) is 0.472. The Hall–Kier alpha value is -9.29. The van der Waals surface area contributed by atoms with Crippen molar-refractivity contribution >= 4 is 99.6 Å². The average Bonchev–Trinajstić information content (AvgIpc) is 1.50. The zero-order valence-electron chi connectivity index (χ0n) is 57.4. The summed E-state index contributed by atoms with van der Waals surface area (Å²) in [6, 6.07) is 17.5. The Morgan fingerprint density at radius 1 is 0.874 bits per heavy atom. The number of aliphatic hydroxyl groups excluding tert-OH is 1. The molecule has 31 heteroatoms. The van der Waals surface area contributed by atoms with Gasteiger partial charge in [-0.2, -0.15) is 5.10 Å². The molecular formula is C72H84N11O18PS. The minimum atomic E-state index is -4.42. The molecule has 6 aromatic rings. The van der Waals surface area contributed by atoms with Crippen LogP contribution in [0.3, 0.4) is 0 Å². The molecule has 3 aliphatic heterocycles. The van der Waals surface area contributed by atoms with Crippen molar-refractivity contribution in [2.75, 3.05) is 67.6 Å². The molecule has 4 unspecified atom stereocenters. The van der Waals surface area contributed by atoms with Gasteiger partial charge in [0, 0.05) is 112 Å². The third-order valence-corrected chi connectivity index (χ3v) is 22.4. The number of hydrogen-bond donors (Lipinski definition) is 8. The Labute approximate surface area is 597 Å².